The van der Waals surface area contributed by atoms with Crippen molar-refractivity contribution in [1.29, 1.82) is 0 Å². The standard InChI is InChI=1S/C20H33BrO2/c1-13(10-19(23)15(3)14(2)12-22)17-7-8-18-16(11-21)6-5-9-20(17,18)4/h11,13,15,17-19,22-23H,2,5-10,12H2,1,3-4H3/b16-11+/t13-,15-,17-,18+,19-,20-/m1/s1. The van der Waals surface area contributed by atoms with Crippen LogP contribution in [0.5, 0.6) is 0 Å². The Balaban J connectivity index is 2.05. The van der Waals surface area contributed by atoms with Crippen LogP contribution < -0.4 is 0 Å². The first-order chi connectivity index (χ1) is 10.8. The minimum Gasteiger partial charge on any atom is -0.393 e. The van der Waals surface area contributed by atoms with Crippen LogP contribution in [-0.4, -0.2) is 22.9 Å². The Bertz CT molecular complexity index is 459. The Kier molecular flexibility index (Phi) is 6.55. The first-order valence-corrected chi connectivity index (χ1v) is 10.0. The molecule has 0 aromatic carbocycles. The van der Waals surface area contributed by atoms with Gasteiger partial charge in [-0.05, 0) is 72.3 Å². The van der Waals surface area contributed by atoms with E-state index in [0.29, 0.717) is 23.2 Å². The molecule has 0 heterocycles. The van der Waals surface area contributed by atoms with Gasteiger partial charge in [0.25, 0.3) is 0 Å². The molecule has 0 unspecified atom stereocenters. The molecule has 0 spiro atoms. The van der Waals surface area contributed by atoms with E-state index in [9.17, 15) is 10.2 Å². The van der Waals surface area contributed by atoms with Crippen molar-refractivity contribution in [3.05, 3.63) is 22.7 Å². The molecule has 2 aliphatic rings. The average molecular weight is 385 g/mol. The summed E-state index contributed by atoms with van der Waals surface area (Å²) in [7, 11) is 0. The fraction of sp³-hybridized carbons (Fsp3) is 0.800. The van der Waals surface area contributed by atoms with Gasteiger partial charge in [0, 0.05) is 5.92 Å². The molecule has 6 atom stereocenters. The third-order valence-electron chi connectivity index (χ3n) is 6.90. The fourth-order valence-electron chi connectivity index (χ4n) is 5.31. The summed E-state index contributed by atoms with van der Waals surface area (Å²) in [6.07, 6.45) is 6.80. The average Bonchev–Trinajstić information content (AvgIpc) is 2.90. The number of allylic oxidation sites excluding steroid dienone is 1. The Morgan fingerprint density at radius 1 is 1.43 bits per heavy atom. The van der Waals surface area contributed by atoms with E-state index in [1.54, 1.807) is 5.57 Å². The number of rotatable bonds is 6. The van der Waals surface area contributed by atoms with Crippen molar-refractivity contribution in [1.82, 2.24) is 0 Å². The molecular weight excluding hydrogens is 352 g/mol. The van der Waals surface area contributed by atoms with E-state index in [2.05, 4.69) is 41.3 Å². The zero-order valence-electron chi connectivity index (χ0n) is 14.9. The molecule has 2 rings (SSSR count). The first-order valence-electron chi connectivity index (χ1n) is 9.10. The van der Waals surface area contributed by atoms with Crippen molar-refractivity contribution in [2.45, 2.75) is 65.4 Å². The molecule has 0 bridgehead atoms. The van der Waals surface area contributed by atoms with Crippen LogP contribution in [0.2, 0.25) is 0 Å². The lowest BCUT2D eigenvalue weighted by Crippen LogP contribution is -2.37. The van der Waals surface area contributed by atoms with Crippen molar-refractivity contribution in [2.24, 2.45) is 29.1 Å². The van der Waals surface area contributed by atoms with Crippen LogP contribution in [0.1, 0.15) is 59.3 Å². The third kappa shape index (κ3) is 3.77. The predicted octanol–water partition coefficient (Wildman–Crippen LogP) is 5.05. The molecule has 2 saturated carbocycles. The van der Waals surface area contributed by atoms with Crippen LogP contribution in [0, 0.1) is 29.1 Å². The van der Waals surface area contributed by atoms with Gasteiger partial charge in [0.15, 0.2) is 0 Å². The highest BCUT2D eigenvalue weighted by molar-refractivity contribution is 9.11. The van der Waals surface area contributed by atoms with E-state index < -0.39 is 6.10 Å². The van der Waals surface area contributed by atoms with Gasteiger partial charge in [0.2, 0.25) is 0 Å². The zero-order valence-corrected chi connectivity index (χ0v) is 16.5. The number of hydrogen-bond donors (Lipinski definition) is 2. The summed E-state index contributed by atoms with van der Waals surface area (Å²) in [6.45, 7) is 10.6. The van der Waals surface area contributed by atoms with Gasteiger partial charge in [-0.3, -0.25) is 0 Å². The van der Waals surface area contributed by atoms with Crippen molar-refractivity contribution in [3.8, 4) is 0 Å². The molecule has 0 aliphatic heterocycles. The summed E-state index contributed by atoms with van der Waals surface area (Å²) in [4.78, 5) is 2.17. The molecule has 0 saturated heterocycles. The maximum Gasteiger partial charge on any atom is 0.0642 e. The highest BCUT2D eigenvalue weighted by Gasteiger charge is 2.50. The topological polar surface area (TPSA) is 40.5 Å². The molecule has 132 valence electrons. The second-order valence-corrected chi connectivity index (χ2v) is 8.62. The van der Waals surface area contributed by atoms with Crippen molar-refractivity contribution < 1.29 is 10.2 Å². The van der Waals surface area contributed by atoms with Gasteiger partial charge in [-0.2, -0.15) is 0 Å². The minimum atomic E-state index is -0.401. The minimum absolute atomic E-state index is 0.0307. The van der Waals surface area contributed by atoms with Gasteiger partial charge in [0.1, 0.15) is 0 Å². The molecule has 23 heavy (non-hydrogen) atoms. The van der Waals surface area contributed by atoms with Crippen molar-refractivity contribution >= 4 is 15.9 Å². The molecule has 2 fully saturated rings. The van der Waals surface area contributed by atoms with Crippen molar-refractivity contribution in [2.75, 3.05) is 6.61 Å². The lowest BCUT2D eigenvalue weighted by Gasteiger charge is -2.44. The molecular formula is C20H33BrO2. The lowest BCUT2D eigenvalue weighted by atomic mass is 9.61. The number of aliphatic hydroxyl groups is 2. The molecule has 0 aromatic heterocycles. The Morgan fingerprint density at radius 2 is 2.13 bits per heavy atom. The predicted molar refractivity (Wildman–Crippen MR) is 100 cm³/mol. The molecule has 2 nitrogen and oxygen atoms in total. The second kappa shape index (κ2) is 7.84. The zero-order chi connectivity index (χ0) is 17.2. The number of aliphatic hydroxyl groups excluding tert-OH is 2. The molecule has 0 aromatic rings. The SMILES string of the molecule is C=C(CO)[C@@H](C)[C@H](O)C[C@@H](C)[C@H]1CC[C@H]2/C(=C/Br)CCC[C@]12C. The van der Waals surface area contributed by atoms with E-state index in [-0.39, 0.29) is 12.5 Å². The van der Waals surface area contributed by atoms with Gasteiger partial charge in [-0.1, -0.05) is 48.9 Å². The molecule has 2 aliphatic carbocycles. The van der Waals surface area contributed by atoms with E-state index in [1.807, 2.05) is 6.92 Å². The summed E-state index contributed by atoms with van der Waals surface area (Å²) in [6, 6.07) is 0. The van der Waals surface area contributed by atoms with Crippen LogP contribution in [0.4, 0.5) is 0 Å². The lowest BCUT2D eigenvalue weighted by molar-refractivity contribution is 0.0486. The number of fused-ring (bicyclic) bond motifs is 1. The normalized spacial score (nSPS) is 36.5. The smallest absolute Gasteiger partial charge is 0.0642 e. The summed E-state index contributed by atoms with van der Waals surface area (Å²) in [5.74, 6) is 1.87. The van der Waals surface area contributed by atoms with E-state index in [4.69, 9.17) is 0 Å². The highest BCUT2D eigenvalue weighted by atomic mass is 79.9. The van der Waals surface area contributed by atoms with E-state index in [1.165, 1.54) is 32.1 Å². The number of halogens is 1. The summed E-state index contributed by atoms with van der Waals surface area (Å²) in [5.41, 5.74) is 2.72. The van der Waals surface area contributed by atoms with Gasteiger partial charge in [0.05, 0.1) is 12.7 Å². The number of hydrogen-bond acceptors (Lipinski definition) is 2. The molecule has 0 amide bonds. The summed E-state index contributed by atoms with van der Waals surface area (Å²) >= 11 is 3.58. The van der Waals surface area contributed by atoms with Crippen LogP contribution >= 0.6 is 15.9 Å². The largest absolute Gasteiger partial charge is 0.393 e. The fourth-order valence-corrected chi connectivity index (χ4v) is 5.86. The van der Waals surface area contributed by atoms with Crippen LogP contribution in [0.25, 0.3) is 0 Å². The molecule has 2 N–H and O–H groups in total. The van der Waals surface area contributed by atoms with Gasteiger partial charge >= 0.3 is 0 Å². The quantitative estimate of drug-likeness (QED) is 0.628. The maximum absolute atomic E-state index is 10.5. The maximum atomic E-state index is 10.5. The van der Waals surface area contributed by atoms with Gasteiger partial charge in [-0.15, -0.1) is 0 Å². The highest BCUT2D eigenvalue weighted by Crippen LogP contribution is 2.60. The Morgan fingerprint density at radius 3 is 2.74 bits per heavy atom. The Hall–Kier alpha value is -0.120. The van der Waals surface area contributed by atoms with E-state index >= 15 is 0 Å². The van der Waals surface area contributed by atoms with Gasteiger partial charge < -0.3 is 10.2 Å². The van der Waals surface area contributed by atoms with E-state index in [0.717, 1.165) is 12.0 Å². The third-order valence-corrected chi connectivity index (χ3v) is 7.49. The monoisotopic (exact) mass is 384 g/mol. The Labute approximate surface area is 150 Å². The first kappa shape index (κ1) is 19.2. The van der Waals surface area contributed by atoms with Gasteiger partial charge in [-0.25, -0.2) is 0 Å². The van der Waals surface area contributed by atoms with Crippen LogP contribution in [-0.2, 0) is 0 Å². The van der Waals surface area contributed by atoms with Crippen LogP contribution in [0.15, 0.2) is 22.7 Å². The van der Waals surface area contributed by atoms with Crippen LogP contribution in [0.3, 0.4) is 0 Å². The second-order valence-electron chi connectivity index (χ2n) is 8.17. The summed E-state index contributed by atoms with van der Waals surface area (Å²) in [5, 5.41) is 19.8. The summed E-state index contributed by atoms with van der Waals surface area (Å²) < 4.78 is 0. The molecule has 3 heteroatoms. The molecule has 0 radical (unpaired) electrons. The van der Waals surface area contributed by atoms with Crippen molar-refractivity contribution in [3.63, 3.8) is 0 Å².